The van der Waals surface area contributed by atoms with Crippen molar-refractivity contribution in [2.75, 3.05) is 19.7 Å². The van der Waals surface area contributed by atoms with Crippen molar-refractivity contribution in [1.82, 2.24) is 20.2 Å². The van der Waals surface area contributed by atoms with Crippen molar-refractivity contribution in [2.24, 2.45) is 0 Å². The predicted molar refractivity (Wildman–Crippen MR) is 114 cm³/mol. The highest BCUT2D eigenvalue weighted by molar-refractivity contribution is 5.97. The van der Waals surface area contributed by atoms with Crippen LogP contribution >= 0.6 is 0 Å². The molecule has 0 saturated carbocycles. The largest absolute Gasteiger partial charge is 0.494 e. The van der Waals surface area contributed by atoms with E-state index >= 15 is 0 Å². The quantitative estimate of drug-likeness (QED) is 0.590. The molecule has 1 aliphatic heterocycles. The molecule has 156 valence electrons. The van der Waals surface area contributed by atoms with Crippen molar-refractivity contribution < 1.29 is 14.3 Å². The predicted octanol–water partition coefficient (Wildman–Crippen LogP) is 3.14. The number of piperidine rings is 1. The Morgan fingerprint density at radius 3 is 2.73 bits per heavy atom. The number of nitrogens with zero attached hydrogens (tertiary/aromatic N) is 2. The van der Waals surface area contributed by atoms with Crippen LogP contribution in [0.3, 0.4) is 0 Å². The van der Waals surface area contributed by atoms with Crippen molar-refractivity contribution in [1.29, 1.82) is 0 Å². The average molecular weight is 406 g/mol. The number of fused-ring (bicyclic) bond motifs is 1. The van der Waals surface area contributed by atoms with Gasteiger partial charge >= 0.3 is 0 Å². The number of aromatic nitrogens is 2. The number of aromatic amines is 1. The molecule has 30 heavy (non-hydrogen) atoms. The Morgan fingerprint density at radius 1 is 1.13 bits per heavy atom. The second-order valence-electron chi connectivity index (χ2n) is 7.53. The second-order valence-corrected chi connectivity index (χ2v) is 7.53. The lowest BCUT2D eigenvalue weighted by Gasteiger charge is -2.32. The monoisotopic (exact) mass is 406 g/mol. The summed E-state index contributed by atoms with van der Waals surface area (Å²) in [6.07, 6.45) is 4.33. The summed E-state index contributed by atoms with van der Waals surface area (Å²) < 4.78 is 5.64. The van der Waals surface area contributed by atoms with Crippen LogP contribution in [0.1, 0.15) is 36.0 Å². The Labute approximate surface area is 175 Å². The van der Waals surface area contributed by atoms with Crippen LogP contribution in [0.4, 0.5) is 0 Å². The number of nitrogens with one attached hydrogen (secondary N) is 2. The molecule has 1 saturated heterocycles. The van der Waals surface area contributed by atoms with Gasteiger partial charge in [0.2, 0.25) is 5.91 Å². The number of hydrogen-bond acceptors (Lipinski definition) is 4. The highest BCUT2D eigenvalue weighted by atomic mass is 16.5. The fraction of sp³-hybridized carbons (Fsp3) is 0.348. The molecule has 0 spiro atoms. The summed E-state index contributed by atoms with van der Waals surface area (Å²) in [6, 6.07) is 15.1. The summed E-state index contributed by atoms with van der Waals surface area (Å²) in [5, 5.41) is 3.09. The molecule has 2 heterocycles. The van der Waals surface area contributed by atoms with Crippen LogP contribution in [0.25, 0.3) is 11.0 Å². The standard InChI is InChI=1S/C23H26N4O3/c28-22(7-4-14-30-19-5-2-1-3-6-19)27-12-10-18(11-13-27)26-23(29)17-8-9-20-21(15-17)25-16-24-20/h1-3,5-6,8-9,15-16,18H,4,7,10-14H2,(H,24,25)(H,26,29). The van der Waals surface area contributed by atoms with E-state index in [2.05, 4.69) is 15.3 Å². The SMILES string of the molecule is O=C(NC1CCN(C(=O)CCCOc2ccccc2)CC1)c1ccc2nc[nH]c2c1. The molecule has 1 fully saturated rings. The maximum absolute atomic E-state index is 12.5. The molecule has 3 aromatic rings. The molecule has 0 radical (unpaired) electrons. The van der Waals surface area contributed by atoms with Gasteiger partial charge in [0.05, 0.1) is 24.0 Å². The van der Waals surface area contributed by atoms with E-state index < -0.39 is 0 Å². The Kier molecular flexibility index (Phi) is 6.27. The molecule has 0 aliphatic carbocycles. The fourth-order valence-corrected chi connectivity index (χ4v) is 3.71. The van der Waals surface area contributed by atoms with Crippen LogP contribution in [0.2, 0.25) is 0 Å². The molecule has 0 unspecified atom stereocenters. The molecule has 4 rings (SSSR count). The Morgan fingerprint density at radius 2 is 1.93 bits per heavy atom. The topological polar surface area (TPSA) is 87.3 Å². The van der Waals surface area contributed by atoms with Crippen molar-refractivity contribution in [3.8, 4) is 5.75 Å². The Bertz CT molecular complexity index is 994. The summed E-state index contributed by atoms with van der Waals surface area (Å²) in [7, 11) is 0. The first-order valence-electron chi connectivity index (χ1n) is 10.4. The van der Waals surface area contributed by atoms with Crippen LogP contribution in [0, 0.1) is 0 Å². The van der Waals surface area contributed by atoms with E-state index in [1.54, 1.807) is 12.4 Å². The van der Waals surface area contributed by atoms with Crippen LogP contribution in [-0.2, 0) is 4.79 Å². The maximum atomic E-state index is 12.5. The van der Waals surface area contributed by atoms with E-state index in [-0.39, 0.29) is 17.9 Å². The van der Waals surface area contributed by atoms with Gasteiger partial charge in [0, 0.05) is 31.1 Å². The van der Waals surface area contributed by atoms with Crippen LogP contribution < -0.4 is 10.1 Å². The first kappa shape index (κ1) is 19.9. The molecular weight excluding hydrogens is 380 g/mol. The highest BCUT2D eigenvalue weighted by Gasteiger charge is 2.24. The van der Waals surface area contributed by atoms with Crippen molar-refractivity contribution in [2.45, 2.75) is 31.7 Å². The molecule has 2 aromatic carbocycles. The van der Waals surface area contributed by atoms with Crippen LogP contribution in [-0.4, -0.2) is 52.4 Å². The number of para-hydroxylation sites is 1. The van der Waals surface area contributed by atoms with Gasteiger partial charge in [-0.3, -0.25) is 9.59 Å². The van der Waals surface area contributed by atoms with Gasteiger partial charge in [-0.1, -0.05) is 18.2 Å². The normalized spacial score (nSPS) is 14.6. The van der Waals surface area contributed by atoms with Gasteiger partial charge in [0.1, 0.15) is 5.75 Å². The first-order chi connectivity index (χ1) is 14.7. The highest BCUT2D eigenvalue weighted by Crippen LogP contribution is 2.15. The van der Waals surface area contributed by atoms with Crippen molar-refractivity contribution >= 4 is 22.8 Å². The lowest BCUT2D eigenvalue weighted by atomic mass is 10.0. The minimum atomic E-state index is -0.0886. The van der Waals surface area contributed by atoms with E-state index in [0.29, 0.717) is 38.1 Å². The van der Waals surface area contributed by atoms with E-state index in [1.165, 1.54) is 0 Å². The number of imidazole rings is 1. The minimum Gasteiger partial charge on any atom is -0.494 e. The van der Waals surface area contributed by atoms with E-state index in [9.17, 15) is 9.59 Å². The zero-order chi connectivity index (χ0) is 20.8. The van der Waals surface area contributed by atoms with Crippen molar-refractivity contribution in [3.63, 3.8) is 0 Å². The summed E-state index contributed by atoms with van der Waals surface area (Å²) in [4.78, 5) is 34.1. The molecular formula is C23H26N4O3. The number of carbonyl (C=O) groups excluding carboxylic acids is 2. The molecule has 7 nitrogen and oxygen atoms in total. The van der Waals surface area contributed by atoms with E-state index in [1.807, 2.05) is 47.4 Å². The number of rotatable bonds is 7. The number of H-pyrrole nitrogens is 1. The van der Waals surface area contributed by atoms with Crippen molar-refractivity contribution in [3.05, 3.63) is 60.4 Å². The molecule has 2 N–H and O–H groups in total. The van der Waals surface area contributed by atoms with Crippen LogP contribution in [0.5, 0.6) is 5.75 Å². The molecule has 1 aromatic heterocycles. The van der Waals surface area contributed by atoms with Gasteiger partial charge in [-0.05, 0) is 49.6 Å². The molecule has 7 heteroatoms. The number of likely N-dealkylation sites (tertiary alicyclic amines) is 1. The molecule has 0 atom stereocenters. The maximum Gasteiger partial charge on any atom is 0.251 e. The number of ether oxygens (including phenoxy) is 1. The van der Waals surface area contributed by atoms with E-state index in [0.717, 1.165) is 29.6 Å². The fourth-order valence-electron chi connectivity index (χ4n) is 3.71. The Balaban J connectivity index is 1.17. The molecule has 1 aliphatic rings. The van der Waals surface area contributed by atoms with E-state index in [4.69, 9.17) is 4.74 Å². The zero-order valence-electron chi connectivity index (χ0n) is 16.8. The average Bonchev–Trinajstić information content (AvgIpc) is 3.26. The summed E-state index contributed by atoms with van der Waals surface area (Å²) in [5.74, 6) is 0.892. The number of benzene rings is 2. The van der Waals surface area contributed by atoms with Gasteiger partial charge in [0.15, 0.2) is 0 Å². The molecule has 2 amide bonds. The first-order valence-corrected chi connectivity index (χ1v) is 10.4. The van der Waals surface area contributed by atoms with Crippen LogP contribution in [0.15, 0.2) is 54.9 Å². The third kappa shape index (κ3) is 4.97. The smallest absolute Gasteiger partial charge is 0.251 e. The van der Waals surface area contributed by atoms with Gasteiger partial charge in [0.25, 0.3) is 5.91 Å². The van der Waals surface area contributed by atoms with Gasteiger partial charge in [-0.25, -0.2) is 4.98 Å². The summed E-state index contributed by atoms with van der Waals surface area (Å²) in [6.45, 7) is 1.87. The van der Waals surface area contributed by atoms with Gasteiger partial charge in [-0.15, -0.1) is 0 Å². The lowest BCUT2D eigenvalue weighted by Crippen LogP contribution is -2.46. The minimum absolute atomic E-state index is 0.0837. The number of carbonyl (C=O) groups is 2. The summed E-state index contributed by atoms with van der Waals surface area (Å²) in [5.41, 5.74) is 2.30. The number of amides is 2. The number of hydrogen-bond donors (Lipinski definition) is 2. The summed E-state index contributed by atoms with van der Waals surface area (Å²) >= 11 is 0. The van der Waals surface area contributed by atoms with Gasteiger partial charge < -0.3 is 19.9 Å². The zero-order valence-corrected chi connectivity index (χ0v) is 16.8. The Hall–Kier alpha value is -3.35. The van der Waals surface area contributed by atoms with Gasteiger partial charge in [-0.2, -0.15) is 0 Å². The second kappa shape index (κ2) is 9.43. The third-order valence-corrected chi connectivity index (χ3v) is 5.41. The lowest BCUT2D eigenvalue weighted by molar-refractivity contribution is -0.132. The molecule has 0 bridgehead atoms. The third-order valence-electron chi connectivity index (χ3n) is 5.41.